The molecule has 2 rings (SSSR count). The molecule has 0 saturated carbocycles. The van der Waals surface area contributed by atoms with Gasteiger partial charge < -0.3 is 4.90 Å². The highest BCUT2D eigenvalue weighted by molar-refractivity contribution is 5.87. The zero-order valence-corrected chi connectivity index (χ0v) is 8.18. The van der Waals surface area contributed by atoms with Crippen LogP contribution in [0, 0.1) is 5.92 Å². The van der Waals surface area contributed by atoms with Crippen LogP contribution in [0.25, 0.3) is 0 Å². The maximum Gasteiger partial charge on any atom is 0.232 e. The van der Waals surface area contributed by atoms with E-state index in [2.05, 4.69) is 6.58 Å². The second kappa shape index (κ2) is 3.29. The summed E-state index contributed by atoms with van der Waals surface area (Å²) in [6.45, 7) is 3.70. The Balaban J connectivity index is 2.28. The molecule has 14 heavy (non-hydrogen) atoms. The van der Waals surface area contributed by atoms with Gasteiger partial charge in [0.25, 0.3) is 0 Å². The lowest BCUT2D eigenvalue weighted by molar-refractivity contribution is -0.150. The van der Waals surface area contributed by atoms with Gasteiger partial charge in [-0.25, -0.2) is 0 Å². The molecule has 72 valence electrons. The Kier molecular flexibility index (Phi) is 2.12. The summed E-state index contributed by atoms with van der Waals surface area (Å²) < 4.78 is 0. The molecular formula is C12H13NO. The largest absolute Gasteiger partial charge is 0.337 e. The number of amides is 1. The molecule has 1 aromatic carbocycles. The quantitative estimate of drug-likeness (QED) is 0.512. The van der Waals surface area contributed by atoms with Crippen LogP contribution in [0.3, 0.4) is 0 Å². The Morgan fingerprint density at radius 2 is 2.00 bits per heavy atom. The first kappa shape index (κ1) is 9.00. The van der Waals surface area contributed by atoms with Crippen molar-refractivity contribution in [2.24, 2.45) is 5.92 Å². The molecule has 1 heterocycles. The maximum absolute atomic E-state index is 11.4. The van der Waals surface area contributed by atoms with Crippen LogP contribution in [0.4, 0.5) is 0 Å². The van der Waals surface area contributed by atoms with Crippen molar-refractivity contribution in [3.63, 3.8) is 0 Å². The van der Waals surface area contributed by atoms with E-state index in [1.165, 1.54) is 5.56 Å². The highest BCUT2D eigenvalue weighted by atomic mass is 16.2. The molecule has 0 bridgehead atoms. The van der Waals surface area contributed by atoms with Gasteiger partial charge in [-0.15, -0.1) is 6.58 Å². The monoisotopic (exact) mass is 187 g/mol. The molecule has 1 saturated heterocycles. The molecule has 2 heteroatoms. The predicted molar refractivity (Wildman–Crippen MR) is 55.6 cm³/mol. The van der Waals surface area contributed by atoms with Crippen LogP contribution >= 0.6 is 0 Å². The molecule has 0 unspecified atom stereocenters. The number of rotatable bonds is 2. The molecule has 0 radical (unpaired) electrons. The van der Waals surface area contributed by atoms with Crippen LogP contribution in [-0.4, -0.2) is 17.9 Å². The number of benzene rings is 1. The molecule has 2 atom stereocenters. The number of β-lactam (4-membered cyclic amide) rings is 1. The molecule has 0 spiro atoms. The minimum absolute atomic E-state index is 0.0394. The van der Waals surface area contributed by atoms with Crippen molar-refractivity contribution in [3.05, 3.63) is 48.6 Å². The molecule has 1 aliphatic rings. The van der Waals surface area contributed by atoms with Crippen LogP contribution < -0.4 is 0 Å². The Morgan fingerprint density at radius 1 is 1.36 bits per heavy atom. The number of carbonyl (C=O) groups excluding carboxylic acids is 1. The van der Waals surface area contributed by atoms with E-state index in [0.29, 0.717) is 0 Å². The fourth-order valence-electron chi connectivity index (χ4n) is 1.98. The van der Waals surface area contributed by atoms with E-state index in [4.69, 9.17) is 0 Å². The lowest BCUT2D eigenvalue weighted by atomic mass is 9.83. The fraction of sp³-hybridized carbons (Fsp3) is 0.250. The summed E-state index contributed by atoms with van der Waals surface area (Å²) >= 11 is 0. The predicted octanol–water partition coefficient (Wildman–Crippen LogP) is 2.00. The third kappa shape index (κ3) is 1.15. The molecule has 1 aromatic rings. The number of carbonyl (C=O) groups is 1. The van der Waals surface area contributed by atoms with Gasteiger partial charge in [-0.05, 0) is 5.56 Å². The molecule has 2 nitrogen and oxygen atoms in total. The van der Waals surface area contributed by atoms with E-state index in [0.717, 1.165) is 0 Å². The van der Waals surface area contributed by atoms with Crippen molar-refractivity contribution in [1.29, 1.82) is 0 Å². The van der Waals surface area contributed by atoms with E-state index >= 15 is 0 Å². The zero-order valence-electron chi connectivity index (χ0n) is 8.18. The summed E-state index contributed by atoms with van der Waals surface area (Å²) in [5.41, 5.74) is 1.18. The van der Waals surface area contributed by atoms with Crippen LogP contribution in [-0.2, 0) is 4.79 Å². The molecular weight excluding hydrogens is 174 g/mol. The van der Waals surface area contributed by atoms with Gasteiger partial charge in [0.15, 0.2) is 0 Å². The van der Waals surface area contributed by atoms with E-state index in [-0.39, 0.29) is 17.9 Å². The Hall–Kier alpha value is -1.57. The van der Waals surface area contributed by atoms with E-state index in [1.807, 2.05) is 37.4 Å². The second-order valence-corrected chi connectivity index (χ2v) is 3.57. The standard InChI is InChI=1S/C12H13NO/c1-3-10-11(13(2)12(10)14)9-7-5-4-6-8-9/h3-8,10-11H,1H2,2H3/t10-,11-/m1/s1. The van der Waals surface area contributed by atoms with Gasteiger partial charge in [-0.1, -0.05) is 36.4 Å². The third-order valence-electron chi connectivity index (χ3n) is 2.79. The highest BCUT2D eigenvalue weighted by Gasteiger charge is 2.43. The van der Waals surface area contributed by atoms with Crippen LogP contribution in [0.2, 0.25) is 0 Å². The minimum atomic E-state index is -0.0394. The first-order chi connectivity index (χ1) is 6.75. The van der Waals surface area contributed by atoms with Crippen molar-refractivity contribution < 1.29 is 4.79 Å². The van der Waals surface area contributed by atoms with Crippen molar-refractivity contribution in [2.45, 2.75) is 6.04 Å². The van der Waals surface area contributed by atoms with E-state index in [1.54, 1.807) is 11.0 Å². The van der Waals surface area contributed by atoms with Gasteiger partial charge in [0, 0.05) is 7.05 Å². The number of likely N-dealkylation sites (tertiary alicyclic amines) is 1. The van der Waals surface area contributed by atoms with Crippen LogP contribution in [0.15, 0.2) is 43.0 Å². The first-order valence-electron chi connectivity index (χ1n) is 4.70. The average Bonchev–Trinajstić information content (AvgIpc) is 2.25. The summed E-state index contributed by atoms with van der Waals surface area (Å²) in [5, 5.41) is 0. The normalized spacial score (nSPS) is 25.8. The molecule has 0 aromatic heterocycles. The lowest BCUT2D eigenvalue weighted by Gasteiger charge is -2.44. The van der Waals surface area contributed by atoms with Gasteiger partial charge in [0.2, 0.25) is 5.91 Å². The zero-order chi connectivity index (χ0) is 10.1. The lowest BCUT2D eigenvalue weighted by Crippen LogP contribution is -2.51. The summed E-state index contributed by atoms with van der Waals surface area (Å²) in [4.78, 5) is 13.2. The van der Waals surface area contributed by atoms with Crippen molar-refractivity contribution in [3.8, 4) is 0 Å². The first-order valence-corrected chi connectivity index (χ1v) is 4.70. The van der Waals surface area contributed by atoms with Crippen molar-refractivity contribution in [1.82, 2.24) is 4.90 Å². The van der Waals surface area contributed by atoms with Crippen LogP contribution in [0.1, 0.15) is 11.6 Å². The van der Waals surface area contributed by atoms with Gasteiger partial charge in [0.05, 0.1) is 12.0 Å². The molecule has 1 amide bonds. The number of hydrogen-bond donors (Lipinski definition) is 0. The van der Waals surface area contributed by atoms with Gasteiger partial charge in [-0.3, -0.25) is 4.79 Å². The summed E-state index contributed by atoms with van der Waals surface area (Å²) in [5.74, 6) is 0.122. The molecule has 1 aliphatic heterocycles. The summed E-state index contributed by atoms with van der Waals surface area (Å²) in [6, 6.07) is 10.2. The van der Waals surface area contributed by atoms with Crippen LogP contribution in [0.5, 0.6) is 0 Å². The van der Waals surface area contributed by atoms with Gasteiger partial charge in [0.1, 0.15) is 0 Å². The topological polar surface area (TPSA) is 20.3 Å². The number of nitrogens with zero attached hydrogens (tertiary/aromatic N) is 1. The SMILES string of the molecule is C=C[C@H]1C(=O)N(C)[C@@H]1c1ccccc1. The second-order valence-electron chi connectivity index (χ2n) is 3.57. The van der Waals surface area contributed by atoms with Crippen molar-refractivity contribution in [2.75, 3.05) is 7.05 Å². The van der Waals surface area contributed by atoms with Gasteiger partial charge in [-0.2, -0.15) is 0 Å². The maximum atomic E-state index is 11.4. The Morgan fingerprint density at radius 3 is 2.57 bits per heavy atom. The highest BCUT2D eigenvalue weighted by Crippen LogP contribution is 2.38. The average molecular weight is 187 g/mol. The van der Waals surface area contributed by atoms with E-state index < -0.39 is 0 Å². The molecule has 0 N–H and O–H groups in total. The fourth-order valence-corrected chi connectivity index (χ4v) is 1.98. The smallest absolute Gasteiger partial charge is 0.232 e. The molecule has 0 aliphatic carbocycles. The number of hydrogen-bond acceptors (Lipinski definition) is 1. The third-order valence-corrected chi connectivity index (χ3v) is 2.79. The van der Waals surface area contributed by atoms with E-state index in [9.17, 15) is 4.79 Å². The van der Waals surface area contributed by atoms with Crippen molar-refractivity contribution >= 4 is 5.91 Å². The summed E-state index contributed by atoms with van der Waals surface area (Å²) in [6.07, 6.45) is 1.74. The minimum Gasteiger partial charge on any atom is -0.337 e. The summed E-state index contributed by atoms with van der Waals surface area (Å²) in [7, 11) is 1.83. The molecule has 1 fully saturated rings. The Bertz CT molecular complexity index is 358. The van der Waals surface area contributed by atoms with Gasteiger partial charge >= 0.3 is 0 Å². The Labute approximate surface area is 83.8 Å².